The topological polar surface area (TPSA) is 3.24 Å². The Bertz CT molecular complexity index is 869. The average molecular weight is 344 g/mol. The predicted octanol–water partition coefficient (Wildman–Crippen LogP) is 5.64. The Morgan fingerprint density at radius 3 is 2.65 bits per heavy atom. The monoisotopic (exact) mass is 343 g/mol. The first-order valence-corrected chi connectivity index (χ1v) is 9.84. The van der Waals surface area contributed by atoms with E-state index in [4.69, 9.17) is 0 Å². The molecule has 4 rings (SSSR count). The van der Waals surface area contributed by atoms with Gasteiger partial charge >= 0.3 is 0 Å². The Hall–Kier alpha value is -2.12. The van der Waals surface area contributed by atoms with E-state index in [-0.39, 0.29) is 0 Å². The molecule has 1 heteroatoms. The summed E-state index contributed by atoms with van der Waals surface area (Å²) in [5, 5.41) is 0. The van der Waals surface area contributed by atoms with E-state index in [1.807, 2.05) is 0 Å². The van der Waals surface area contributed by atoms with Gasteiger partial charge in [-0.2, -0.15) is 0 Å². The molecule has 0 aromatic heterocycles. The molecule has 2 aliphatic rings. The fourth-order valence-corrected chi connectivity index (χ4v) is 4.29. The van der Waals surface area contributed by atoms with Gasteiger partial charge in [-0.25, -0.2) is 0 Å². The van der Waals surface area contributed by atoms with Crippen molar-refractivity contribution in [3.63, 3.8) is 0 Å². The molecule has 0 heterocycles. The van der Waals surface area contributed by atoms with Gasteiger partial charge in [-0.05, 0) is 73.5 Å². The maximum Gasteiger partial charge on any atom is 0.00156 e. The maximum absolute atomic E-state index is 2.46. The Labute approximate surface area is 158 Å². The van der Waals surface area contributed by atoms with Gasteiger partial charge in [0.1, 0.15) is 0 Å². The minimum atomic E-state index is 0.616. The number of hydrogen-bond donors (Lipinski definition) is 0. The number of fused-ring (bicyclic) bond motifs is 3. The van der Waals surface area contributed by atoms with Crippen LogP contribution >= 0.6 is 0 Å². The van der Waals surface area contributed by atoms with Crippen LogP contribution in [-0.2, 0) is 12.8 Å². The van der Waals surface area contributed by atoms with Crippen LogP contribution in [0.15, 0.2) is 65.8 Å². The lowest BCUT2D eigenvalue weighted by Gasteiger charge is -2.14. The normalized spacial score (nSPS) is 16.3. The predicted molar refractivity (Wildman–Crippen MR) is 112 cm³/mol. The lowest BCUT2D eigenvalue weighted by Crippen LogP contribution is -2.12. The first-order valence-electron chi connectivity index (χ1n) is 9.84. The molecule has 1 unspecified atom stereocenters. The lowest BCUT2D eigenvalue weighted by atomic mass is 9.91. The summed E-state index contributed by atoms with van der Waals surface area (Å²) in [7, 11) is 4.30. The van der Waals surface area contributed by atoms with Gasteiger partial charge in [0, 0.05) is 6.54 Å². The first kappa shape index (κ1) is 17.3. The van der Waals surface area contributed by atoms with E-state index in [2.05, 4.69) is 80.5 Å². The summed E-state index contributed by atoms with van der Waals surface area (Å²) >= 11 is 0. The second-order valence-corrected chi connectivity index (χ2v) is 8.19. The van der Waals surface area contributed by atoms with E-state index in [0.29, 0.717) is 5.92 Å². The van der Waals surface area contributed by atoms with Crippen LogP contribution in [0.3, 0.4) is 0 Å². The third kappa shape index (κ3) is 3.54. The molecular weight excluding hydrogens is 314 g/mol. The van der Waals surface area contributed by atoms with Crippen molar-refractivity contribution in [2.75, 3.05) is 20.6 Å². The van der Waals surface area contributed by atoms with Gasteiger partial charge in [-0.15, -0.1) is 0 Å². The highest BCUT2D eigenvalue weighted by molar-refractivity contribution is 5.76. The van der Waals surface area contributed by atoms with Crippen molar-refractivity contribution in [3.05, 3.63) is 82.5 Å². The van der Waals surface area contributed by atoms with Gasteiger partial charge in [0.25, 0.3) is 0 Å². The number of rotatable bonds is 6. The summed E-state index contributed by atoms with van der Waals surface area (Å²) < 4.78 is 0. The first-order chi connectivity index (χ1) is 12.6. The van der Waals surface area contributed by atoms with Crippen LogP contribution in [0.2, 0.25) is 0 Å². The summed E-state index contributed by atoms with van der Waals surface area (Å²) in [6.07, 6.45) is 9.42. The number of nitrogens with zero attached hydrogens (tertiary/aromatic N) is 1. The summed E-state index contributed by atoms with van der Waals surface area (Å²) in [5.74, 6) is 0.616. The highest BCUT2D eigenvalue weighted by Crippen LogP contribution is 2.37. The van der Waals surface area contributed by atoms with Crippen molar-refractivity contribution in [3.8, 4) is 11.1 Å². The number of hydrogen-bond acceptors (Lipinski definition) is 1. The highest BCUT2D eigenvalue weighted by atomic mass is 15.0. The number of allylic oxidation sites excluding steroid dienone is 3. The molecule has 0 amide bonds. The molecule has 2 aromatic carbocycles. The summed E-state index contributed by atoms with van der Waals surface area (Å²) in [6, 6.07) is 16.0. The summed E-state index contributed by atoms with van der Waals surface area (Å²) in [6.45, 7) is 3.52. The average Bonchev–Trinajstić information content (AvgIpc) is 3.24. The van der Waals surface area contributed by atoms with Gasteiger partial charge in [0.2, 0.25) is 0 Å². The summed E-state index contributed by atoms with van der Waals surface area (Å²) in [4.78, 5) is 2.26. The highest BCUT2D eigenvalue weighted by Gasteiger charge is 2.19. The maximum atomic E-state index is 2.46. The van der Waals surface area contributed by atoms with Gasteiger partial charge in [-0.3, -0.25) is 0 Å². The molecule has 26 heavy (non-hydrogen) atoms. The van der Waals surface area contributed by atoms with Gasteiger partial charge in [0.05, 0.1) is 0 Å². The van der Waals surface area contributed by atoms with Crippen LogP contribution in [0.5, 0.6) is 0 Å². The van der Waals surface area contributed by atoms with E-state index in [1.165, 1.54) is 39.8 Å². The fourth-order valence-electron chi connectivity index (χ4n) is 4.29. The molecule has 1 atom stereocenters. The van der Waals surface area contributed by atoms with Crippen LogP contribution in [0.25, 0.3) is 11.1 Å². The molecule has 1 nitrogen and oxygen atoms in total. The number of benzene rings is 2. The van der Waals surface area contributed by atoms with Crippen LogP contribution in [-0.4, -0.2) is 25.5 Å². The van der Waals surface area contributed by atoms with Gasteiger partial charge in [0.15, 0.2) is 0 Å². The quantitative estimate of drug-likeness (QED) is 0.559. The zero-order chi connectivity index (χ0) is 18.1. The Kier molecular flexibility index (Phi) is 4.82. The second-order valence-electron chi connectivity index (χ2n) is 8.19. The molecule has 0 aliphatic heterocycles. The van der Waals surface area contributed by atoms with E-state index in [1.54, 1.807) is 5.57 Å². The fraction of sp³-hybridized carbons (Fsp3) is 0.360. The van der Waals surface area contributed by atoms with E-state index in [0.717, 1.165) is 25.8 Å². The molecule has 0 N–H and O–H groups in total. The van der Waals surface area contributed by atoms with Crippen LogP contribution in [0.4, 0.5) is 0 Å². The molecular formula is C25H29N. The molecule has 0 radical (unpaired) electrons. The Balaban J connectivity index is 1.43. The molecule has 0 fully saturated rings. The minimum Gasteiger partial charge on any atom is -0.309 e. The summed E-state index contributed by atoms with van der Waals surface area (Å²) in [5.41, 5.74) is 10.4. The molecule has 0 saturated heterocycles. The van der Waals surface area contributed by atoms with Crippen molar-refractivity contribution >= 4 is 0 Å². The van der Waals surface area contributed by atoms with Crippen molar-refractivity contribution in [1.82, 2.24) is 4.90 Å². The van der Waals surface area contributed by atoms with Crippen molar-refractivity contribution < 1.29 is 0 Å². The minimum absolute atomic E-state index is 0.616. The molecule has 2 aliphatic carbocycles. The van der Waals surface area contributed by atoms with Crippen molar-refractivity contribution in [2.45, 2.75) is 32.6 Å². The van der Waals surface area contributed by atoms with Crippen molar-refractivity contribution in [2.24, 2.45) is 5.92 Å². The third-order valence-corrected chi connectivity index (χ3v) is 5.85. The lowest BCUT2D eigenvalue weighted by molar-refractivity contribution is 0.414. The van der Waals surface area contributed by atoms with E-state index in [9.17, 15) is 0 Å². The third-order valence-electron chi connectivity index (χ3n) is 5.85. The molecule has 134 valence electrons. The zero-order valence-corrected chi connectivity index (χ0v) is 16.3. The van der Waals surface area contributed by atoms with Crippen molar-refractivity contribution in [1.29, 1.82) is 0 Å². The van der Waals surface area contributed by atoms with Crippen LogP contribution in [0, 0.1) is 5.92 Å². The van der Waals surface area contributed by atoms with Crippen LogP contribution in [0.1, 0.15) is 36.5 Å². The second kappa shape index (κ2) is 7.25. The standard InChI is InChI=1S/C25H29N/c1-18(21-10-8-19(15-21)12-13-26(2)3)14-20-9-11-25-23(16-20)17-22-6-4-5-7-24(22)25/h4-9,11,15-16,18H,10,12-14,17H2,1-3H3. The molecule has 0 spiro atoms. The van der Waals surface area contributed by atoms with Gasteiger partial charge in [-0.1, -0.05) is 72.7 Å². The molecule has 0 saturated carbocycles. The Morgan fingerprint density at radius 1 is 1.00 bits per heavy atom. The van der Waals surface area contributed by atoms with Crippen LogP contribution < -0.4 is 0 Å². The smallest absolute Gasteiger partial charge is 0.00156 e. The van der Waals surface area contributed by atoms with E-state index < -0.39 is 0 Å². The molecule has 2 aromatic rings. The van der Waals surface area contributed by atoms with E-state index >= 15 is 0 Å². The SMILES string of the molecule is CC(Cc1ccc2c(c1)Cc1ccccc1-2)C1=CC(CCN(C)C)=CC1. The zero-order valence-electron chi connectivity index (χ0n) is 16.3. The van der Waals surface area contributed by atoms with Gasteiger partial charge < -0.3 is 4.90 Å². The largest absolute Gasteiger partial charge is 0.309 e. The molecule has 0 bridgehead atoms. The Morgan fingerprint density at radius 2 is 1.81 bits per heavy atom.